The molecule has 1 heterocycles. The fourth-order valence-electron chi connectivity index (χ4n) is 1.25. The average molecular weight is 199 g/mol. The van der Waals surface area contributed by atoms with Crippen molar-refractivity contribution in [2.45, 2.75) is 26.3 Å². The second-order valence-electron chi connectivity index (χ2n) is 3.54. The minimum absolute atomic E-state index is 0.353. The van der Waals surface area contributed by atoms with Gasteiger partial charge in [-0.05, 0) is 12.3 Å². The summed E-state index contributed by atoms with van der Waals surface area (Å²) in [6.45, 7) is 5.07. The highest BCUT2D eigenvalue weighted by Gasteiger charge is 2.09. The standard InChI is InChI=1S/C9H17N3S/c1-7(2)5-8(6-10)12-9-11-3-4-13-9/h3-4,7-8H,5-6,10H2,1-2H3,(H,11,12). The molecular weight excluding hydrogens is 182 g/mol. The Bertz CT molecular complexity index is 221. The van der Waals surface area contributed by atoms with Gasteiger partial charge in [0.15, 0.2) is 5.13 Å². The van der Waals surface area contributed by atoms with Crippen LogP contribution in [0.2, 0.25) is 0 Å². The molecule has 0 aromatic carbocycles. The van der Waals surface area contributed by atoms with Crippen LogP contribution < -0.4 is 11.1 Å². The smallest absolute Gasteiger partial charge is 0.182 e. The highest BCUT2D eigenvalue weighted by atomic mass is 32.1. The Morgan fingerprint density at radius 2 is 2.38 bits per heavy atom. The molecule has 0 radical (unpaired) electrons. The van der Waals surface area contributed by atoms with Crippen LogP contribution in [0.25, 0.3) is 0 Å². The number of nitrogens with two attached hydrogens (primary N) is 1. The molecule has 0 spiro atoms. The van der Waals surface area contributed by atoms with E-state index in [4.69, 9.17) is 5.73 Å². The van der Waals surface area contributed by atoms with Crippen LogP contribution in [-0.2, 0) is 0 Å². The van der Waals surface area contributed by atoms with E-state index in [1.54, 1.807) is 17.5 Å². The molecule has 13 heavy (non-hydrogen) atoms. The molecule has 3 nitrogen and oxygen atoms in total. The number of thiazole rings is 1. The summed E-state index contributed by atoms with van der Waals surface area (Å²) in [6.07, 6.45) is 2.89. The topological polar surface area (TPSA) is 50.9 Å². The Morgan fingerprint density at radius 3 is 2.85 bits per heavy atom. The van der Waals surface area contributed by atoms with Gasteiger partial charge in [0.25, 0.3) is 0 Å². The summed E-state index contributed by atoms with van der Waals surface area (Å²) in [4.78, 5) is 4.16. The number of hydrogen-bond acceptors (Lipinski definition) is 4. The number of nitrogens with zero attached hydrogens (tertiary/aromatic N) is 1. The minimum Gasteiger partial charge on any atom is -0.358 e. The summed E-state index contributed by atoms with van der Waals surface area (Å²) in [5, 5.41) is 6.25. The molecule has 1 unspecified atom stereocenters. The highest BCUT2D eigenvalue weighted by Crippen LogP contribution is 2.14. The van der Waals surface area contributed by atoms with E-state index in [9.17, 15) is 0 Å². The number of rotatable bonds is 5. The minimum atomic E-state index is 0.353. The van der Waals surface area contributed by atoms with Crippen molar-refractivity contribution in [1.82, 2.24) is 4.98 Å². The molecule has 0 saturated heterocycles. The van der Waals surface area contributed by atoms with E-state index in [1.807, 2.05) is 5.38 Å². The monoisotopic (exact) mass is 199 g/mol. The first kappa shape index (κ1) is 10.5. The van der Waals surface area contributed by atoms with Gasteiger partial charge in [-0.3, -0.25) is 0 Å². The molecule has 1 rings (SSSR count). The second kappa shape index (κ2) is 5.19. The van der Waals surface area contributed by atoms with Crippen molar-refractivity contribution in [3.05, 3.63) is 11.6 Å². The van der Waals surface area contributed by atoms with Gasteiger partial charge in [0.05, 0.1) is 0 Å². The Balaban J connectivity index is 2.40. The summed E-state index contributed by atoms with van der Waals surface area (Å²) >= 11 is 1.62. The second-order valence-corrected chi connectivity index (χ2v) is 4.44. The van der Waals surface area contributed by atoms with Crippen molar-refractivity contribution in [1.29, 1.82) is 0 Å². The Kier molecular flexibility index (Phi) is 4.18. The van der Waals surface area contributed by atoms with Crippen LogP contribution in [-0.4, -0.2) is 17.6 Å². The van der Waals surface area contributed by atoms with Gasteiger partial charge in [-0.25, -0.2) is 4.98 Å². The van der Waals surface area contributed by atoms with E-state index in [-0.39, 0.29) is 0 Å². The first-order valence-corrected chi connectivity index (χ1v) is 5.46. The third-order valence-electron chi connectivity index (χ3n) is 1.80. The maximum atomic E-state index is 5.65. The number of nitrogens with one attached hydrogen (secondary N) is 1. The van der Waals surface area contributed by atoms with Crippen molar-refractivity contribution >= 4 is 16.5 Å². The Morgan fingerprint density at radius 1 is 1.62 bits per heavy atom. The largest absolute Gasteiger partial charge is 0.358 e. The summed E-state index contributed by atoms with van der Waals surface area (Å²) < 4.78 is 0. The van der Waals surface area contributed by atoms with Crippen molar-refractivity contribution in [3.63, 3.8) is 0 Å². The molecule has 0 fully saturated rings. The Labute approximate surface area is 83.4 Å². The number of aromatic nitrogens is 1. The van der Waals surface area contributed by atoms with E-state index < -0.39 is 0 Å². The first-order valence-electron chi connectivity index (χ1n) is 4.58. The van der Waals surface area contributed by atoms with Crippen LogP contribution >= 0.6 is 11.3 Å². The summed E-state index contributed by atoms with van der Waals surface area (Å²) in [5.74, 6) is 0.668. The molecule has 3 N–H and O–H groups in total. The van der Waals surface area contributed by atoms with Gasteiger partial charge >= 0.3 is 0 Å². The zero-order chi connectivity index (χ0) is 9.68. The molecule has 0 saturated carbocycles. The van der Waals surface area contributed by atoms with Crippen molar-refractivity contribution < 1.29 is 0 Å². The lowest BCUT2D eigenvalue weighted by Gasteiger charge is -2.17. The molecule has 0 aliphatic carbocycles. The average Bonchev–Trinajstić information content (AvgIpc) is 2.55. The molecule has 0 aliphatic rings. The van der Waals surface area contributed by atoms with Crippen LogP contribution in [0.5, 0.6) is 0 Å². The van der Waals surface area contributed by atoms with E-state index in [2.05, 4.69) is 24.1 Å². The summed E-state index contributed by atoms with van der Waals surface area (Å²) in [6, 6.07) is 0.353. The SMILES string of the molecule is CC(C)CC(CN)Nc1nccs1. The lowest BCUT2D eigenvalue weighted by Crippen LogP contribution is -2.30. The predicted octanol–water partition coefficient (Wildman–Crippen LogP) is 1.93. The van der Waals surface area contributed by atoms with Crippen LogP contribution in [0.15, 0.2) is 11.6 Å². The van der Waals surface area contributed by atoms with Gasteiger partial charge in [0, 0.05) is 24.2 Å². The fraction of sp³-hybridized carbons (Fsp3) is 0.667. The number of hydrogen-bond donors (Lipinski definition) is 2. The van der Waals surface area contributed by atoms with Gasteiger partial charge < -0.3 is 11.1 Å². The lowest BCUT2D eigenvalue weighted by atomic mass is 10.0. The van der Waals surface area contributed by atoms with Crippen LogP contribution in [0.3, 0.4) is 0 Å². The third kappa shape index (κ3) is 3.74. The van der Waals surface area contributed by atoms with E-state index in [0.29, 0.717) is 18.5 Å². The number of anilines is 1. The van der Waals surface area contributed by atoms with Gasteiger partial charge in [0.1, 0.15) is 0 Å². The Hall–Kier alpha value is -0.610. The van der Waals surface area contributed by atoms with Crippen molar-refractivity contribution in [3.8, 4) is 0 Å². The molecule has 0 bridgehead atoms. The van der Waals surface area contributed by atoms with Crippen molar-refractivity contribution in [2.75, 3.05) is 11.9 Å². The van der Waals surface area contributed by atoms with E-state index >= 15 is 0 Å². The predicted molar refractivity (Wildman–Crippen MR) is 58.0 cm³/mol. The molecule has 4 heteroatoms. The lowest BCUT2D eigenvalue weighted by molar-refractivity contribution is 0.522. The molecule has 0 aliphatic heterocycles. The zero-order valence-corrected chi connectivity index (χ0v) is 8.97. The quantitative estimate of drug-likeness (QED) is 0.762. The zero-order valence-electron chi connectivity index (χ0n) is 8.16. The highest BCUT2D eigenvalue weighted by molar-refractivity contribution is 7.13. The fourth-order valence-corrected chi connectivity index (χ4v) is 1.86. The van der Waals surface area contributed by atoms with E-state index in [1.165, 1.54) is 0 Å². The molecular formula is C9H17N3S. The molecule has 0 amide bonds. The molecule has 1 atom stereocenters. The summed E-state index contributed by atoms with van der Waals surface area (Å²) in [5.41, 5.74) is 5.65. The van der Waals surface area contributed by atoms with Gasteiger partial charge in [-0.1, -0.05) is 13.8 Å². The maximum absolute atomic E-state index is 5.65. The normalized spacial score (nSPS) is 13.2. The van der Waals surface area contributed by atoms with Crippen molar-refractivity contribution in [2.24, 2.45) is 11.7 Å². The maximum Gasteiger partial charge on any atom is 0.182 e. The third-order valence-corrected chi connectivity index (χ3v) is 2.50. The van der Waals surface area contributed by atoms with E-state index in [0.717, 1.165) is 11.6 Å². The molecule has 1 aromatic heterocycles. The van der Waals surface area contributed by atoms with Crippen LogP contribution in [0.4, 0.5) is 5.13 Å². The van der Waals surface area contributed by atoms with Crippen LogP contribution in [0, 0.1) is 5.92 Å². The summed E-state index contributed by atoms with van der Waals surface area (Å²) in [7, 11) is 0. The van der Waals surface area contributed by atoms with Gasteiger partial charge in [-0.15, -0.1) is 11.3 Å². The van der Waals surface area contributed by atoms with Crippen LogP contribution in [0.1, 0.15) is 20.3 Å². The van der Waals surface area contributed by atoms with Gasteiger partial charge in [-0.2, -0.15) is 0 Å². The molecule has 1 aromatic rings. The molecule has 74 valence electrons. The van der Waals surface area contributed by atoms with Gasteiger partial charge in [0.2, 0.25) is 0 Å². The first-order chi connectivity index (χ1) is 6.22.